The van der Waals surface area contributed by atoms with E-state index in [1.165, 1.54) is 0 Å². The van der Waals surface area contributed by atoms with Crippen molar-refractivity contribution in [3.05, 3.63) is 91.2 Å². The minimum atomic E-state index is -0.714. The minimum Gasteiger partial charge on any atom is -0.349 e. The maximum atomic E-state index is 5.36. The fourth-order valence-corrected chi connectivity index (χ4v) is 2.66. The third-order valence-electron chi connectivity index (χ3n) is 4.22. The standard InChI is InChI=1S/C12H14N2O2.C10H8N2/c1-15-12(16-2)6-8-14-11(9-12)10-5-3-4-7-13-10;1-3-7-11-9(5-1)10-6-2-4-8-12-10/h3-8H,9H2,1-2H3;1-8H. The number of methoxy groups -OCH3 is 2. The second kappa shape index (κ2) is 9.64. The average molecular weight is 374 g/mol. The van der Waals surface area contributed by atoms with Gasteiger partial charge in [0.05, 0.1) is 29.2 Å². The molecule has 1 aliphatic heterocycles. The topological polar surface area (TPSA) is 69.5 Å². The zero-order valence-corrected chi connectivity index (χ0v) is 15.9. The van der Waals surface area contributed by atoms with E-state index < -0.39 is 5.79 Å². The van der Waals surface area contributed by atoms with Crippen LogP contribution in [0.1, 0.15) is 12.1 Å². The summed E-state index contributed by atoms with van der Waals surface area (Å²) >= 11 is 0. The number of hydrogen-bond donors (Lipinski definition) is 0. The third kappa shape index (κ3) is 4.94. The van der Waals surface area contributed by atoms with Crippen molar-refractivity contribution in [2.45, 2.75) is 12.2 Å². The van der Waals surface area contributed by atoms with Gasteiger partial charge in [0.1, 0.15) is 0 Å². The van der Waals surface area contributed by atoms with Crippen LogP contribution in [0.25, 0.3) is 11.4 Å². The lowest BCUT2D eigenvalue weighted by atomic mass is 10.0. The average Bonchev–Trinajstić information content (AvgIpc) is 2.81. The molecule has 0 aliphatic carbocycles. The molecule has 0 saturated carbocycles. The van der Waals surface area contributed by atoms with Gasteiger partial charge in [-0.05, 0) is 42.5 Å². The van der Waals surface area contributed by atoms with Crippen molar-refractivity contribution in [1.29, 1.82) is 0 Å². The van der Waals surface area contributed by atoms with E-state index in [2.05, 4.69) is 19.9 Å². The van der Waals surface area contributed by atoms with Crippen LogP contribution in [0.4, 0.5) is 0 Å². The Bertz CT molecular complexity index is 872. The quantitative estimate of drug-likeness (QED) is 0.648. The van der Waals surface area contributed by atoms with E-state index in [1.54, 1.807) is 45.1 Å². The molecule has 3 aromatic rings. The summed E-state index contributed by atoms with van der Waals surface area (Å²) in [6.07, 6.45) is 9.35. The Morgan fingerprint density at radius 1 is 0.714 bits per heavy atom. The second-order valence-corrected chi connectivity index (χ2v) is 5.93. The first kappa shape index (κ1) is 19.5. The summed E-state index contributed by atoms with van der Waals surface area (Å²) in [5, 5.41) is 0. The lowest BCUT2D eigenvalue weighted by molar-refractivity contribution is -0.164. The smallest absolute Gasteiger partial charge is 0.194 e. The molecule has 28 heavy (non-hydrogen) atoms. The fraction of sp³-hybridized carbons (Fsp3) is 0.182. The SMILES string of the molecule is COC1(OC)C=CN=C(c2ccccn2)C1.c1ccc(-c2ccccn2)nc1. The van der Waals surface area contributed by atoms with Gasteiger partial charge in [-0.25, -0.2) is 0 Å². The van der Waals surface area contributed by atoms with Gasteiger partial charge in [0.2, 0.25) is 0 Å². The predicted molar refractivity (Wildman–Crippen MR) is 109 cm³/mol. The number of hydrogen-bond acceptors (Lipinski definition) is 6. The Labute approximate surface area is 164 Å². The summed E-state index contributed by atoms with van der Waals surface area (Å²) in [4.78, 5) is 16.9. The second-order valence-electron chi connectivity index (χ2n) is 5.93. The molecule has 0 amide bonds. The summed E-state index contributed by atoms with van der Waals surface area (Å²) in [5.74, 6) is -0.714. The molecule has 0 atom stereocenters. The Kier molecular flexibility index (Phi) is 6.73. The van der Waals surface area contributed by atoms with E-state index in [0.29, 0.717) is 6.42 Å². The van der Waals surface area contributed by atoms with E-state index in [4.69, 9.17) is 9.47 Å². The van der Waals surface area contributed by atoms with E-state index >= 15 is 0 Å². The van der Waals surface area contributed by atoms with Crippen molar-refractivity contribution < 1.29 is 9.47 Å². The molecule has 0 unspecified atom stereocenters. The molecule has 0 N–H and O–H groups in total. The molecule has 0 fully saturated rings. The monoisotopic (exact) mass is 374 g/mol. The predicted octanol–water partition coefficient (Wildman–Crippen LogP) is 3.92. The van der Waals surface area contributed by atoms with Gasteiger partial charge in [-0.3, -0.25) is 19.9 Å². The van der Waals surface area contributed by atoms with Crippen molar-refractivity contribution in [2.75, 3.05) is 14.2 Å². The van der Waals surface area contributed by atoms with Crippen LogP contribution in [-0.2, 0) is 9.47 Å². The van der Waals surface area contributed by atoms with Crippen molar-refractivity contribution >= 4 is 5.71 Å². The van der Waals surface area contributed by atoms with Gasteiger partial charge in [0.15, 0.2) is 5.79 Å². The highest BCUT2D eigenvalue weighted by molar-refractivity contribution is 6.00. The summed E-state index contributed by atoms with van der Waals surface area (Å²) in [6, 6.07) is 17.3. The Morgan fingerprint density at radius 2 is 1.21 bits per heavy atom. The van der Waals surface area contributed by atoms with Crippen LogP contribution in [0.5, 0.6) is 0 Å². The van der Waals surface area contributed by atoms with E-state index in [-0.39, 0.29) is 0 Å². The number of nitrogens with zero attached hydrogens (tertiary/aromatic N) is 4. The summed E-state index contributed by atoms with van der Waals surface area (Å²) in [7, 11) is 3.24. The first-order valence-corrected chi connectivity index (χ1v) is 8.85. The van der Waals surface area contributed by atoms with Gasteiger partial charge in [0.25, 0.3) is 0 Å². The normalized spacial score (nSPS) is 14.6. The van der Waals surface area contributed by atoms with Crippen molar-refractivity contribution in [2.24, 2.45) is 4.99 Å². The number of pyridine rings is 3. The van der Waals surface area contributed by atoms with Crippen LogP contribution < -0.4 is 0 Å². The van der Waals surface area contributed by atoms with Crippen molar-refractivity contribution in [3.63, 3.8) is 0 Å². The number of aliphatic imine (C=N–C) groups is 1. The zero-order valence-electron chi connectivity index (χ0n) is 15.9. The summed E-state index contributed by atoms with van der Waals surface area (Å²) in [5.41, 5.74) is 3.55. The van der Waals surface area contributed by atoms with Gasteiger partial charge in [-0.1, -0.05) is 18.2 Å². The zero-order chi connectivity index (χ0) is 19.7. The van der Waals surface area contributed by atoms with Crippen molar-refractivity contribution in [3.8, 4) is 11.4 Å². The van der Waals surface area contributed by atoms with Gasteiger partial charge in [0, 0.05) is 39.0 Å². The van der Waals surface area contributed by atoms with Crippen LogP contribution in [0.3, 0.4) is 0 Å². The number of rotatable bonds is 4. The Hall–Kier alpha value is -3.22. The van der Waals surface area contributed by atoms with Crippen LogP contribution in [0.15, 0.2) is 90.5 Å². The molecule has 6 nitrogen and oxygen atoms in total. The largest absolute Gasteiger partial charge is 0.349 e. The maximum Gasteiger partial charge on any atom is 0.194 e. The van der Waals surface area contributed by atoms with Crippen LogP contribution in [0, 0.1) is 0 Å². The van der Waals surface area contributed by atoms with Gasteiger partial charge < -0.3 is 9.47 Å². The number of aromatic nitrogens is 3. The molecular weight excluding hydrogens is 352 g/mol. The van der Waals surface area contributed by atoms with E-state index in [9.17, 15) is 0 Å². The van der Waals surface area contributed by atoms with Crippen LogP contribution in [-0.4, -0.2) is 40.7 Å². The molecule has 4 heterocycles. The van der Waals surface area contributed by atoms with Crippen LogP contribution in [0.2, 0.25) is 0 Å². The lowest BCUT2D eigenvalue weighted by Gasteiger charge is -2.29. The highest BCUT2D eigenvalue weighted by Crippen LogP contribution is 2.24. The first-order chi connectivity index (χ1) is 13.8. The Balaban J connectivity index is 0.000000167. The molecule has 0 bridgehead atoms. The third-order valence-corrected chi connectivity index (χ3v) is 4.22. The summed E-state index contributed by atoms with van der Waals surface area (Å²) in [6.45, 7) is 0. The van der Waals surface area contributed by atoms with Gasteiger partial charge >= 0.3 is 0 Å². The molecule has 0 spiro atoms. The molecular formula is C22H22N4O2. The van der Waals surface area contributed by atoms with E-state index in [0.717, 1.165) is 22.8 Å². The lowest BCUT2D eigenvalue weighted by Crippen LogP contribution is -2.36. The maximum absolute atomic E-state index is 5.36. The molecule has 0 saturated heterocycles. The molecule has 0 aromatic carbocycles. The molecule has 1 aliphatic rings. The highest BCUT2D eigenvalue weighted by Gasteiger charge is 2.31. The van der Waals surface area contributed by atoms with Crippen molar-refractivity contribution in [1.82, 2.24) is 15.0 Å². The molecule has 6 heteroatoms. The first-order valence-electron chi connectivity index (χ1n) is 8.85. The number of ether oxygens (including phenoxy) is 2. The summed E-state index contributed by atoms with van der Waals surface area (Å²) < 4.78 is 10.7. The minimum absolute atomic E-state index is 0.563. The fourth-order valence-electron chi connectivity index (χ4n) is 2.66. The van der Waals surface area contributed by atoms with Crippen LogP contribution >= 0.6 is 0 Å². The molecule has 142 valence electrons. The Morgan fingerprint density at radius 3 is 1.64 bits per heavy atom. The van der Waals surface area contributed by atoms with E-state index in [1.807, 2.05) is 54.6 Å². The highest BCUT2D eigenvalue weighted by atomic mass is 16.7. The van der Waals surface area contributed by atoms with Gasteiger partial charge in [-0.15, -0.1) is 0 Å². The van der Waals surface area contributed by atoms with Gasteiger partial charge in [-0.2, -0.15) is 0 Å². The molecule has 4 rings (SSSR count). The molecule has 0 radical (unpaired) electrons. The molecule has 3 aromatic heterocycles.